The Hall–Kier alpha value is -4.90. The quantitative estimate of drug-likeness (QED) is 0.208. The number of nitrogens with zero attached hydrogens (tertiary/aromatic N) is 2. The monoisotopic (exact) mass is 659 g/mol. The number of sulfonamides is 1. The molecule has 47 heavy (non-hydrogen) atoms. The summed E-state index contributed by atoms with van der Waals surface area (Å²) in [6.07, 6.45) is 0.885. The average molecular weight is 660 g/mol. The van der Waals surface area contributed by atoms with Gasteiger partial charge >= 0.3 is 0 Å². The molecule has 1 aliphatic rings. The topological polar surface area (TPSA) is 105 Å². The molecule has 4 aromatic rings. The van der Waals surface area contributed by atoms with E-state index in [9.17, 15) is 22.4 Å². The van der Waals surface area contributed by atoms with Crippen molar-refractivity contribution in [3.05, 3.63) is 120 Å². The highest BCUT2D eigenvalue weighted by molar-refractivity contribution is 7.92. The van der Waals surface area contributed by atoms with Crippen LogP contribution in [0.15, 0.2) is 108 Å². The zero-order valence-corrected chi connectivity index (χ0v) is 27.2. The first kappa shape index (κ1) is 33.5. The van der Waals surface area contributed by atoms with Crippen LogP contribution in [0.3, 0.4) is 0 Å². The molecule has 2 atom stereocenters. The smallest absolute Gasteiger partial charge is 0.264 e. The molecule has 9 nitrogen and oxygen atoms in total. The third-order valence-electron chi connectivity index (χ3n) is 7.96. The lowest BCUT2D eigenvalue weighted by molar-refractivity contribution is -0.140. The molecular formula is C36H38FN3O6S. The molecule has 1 heterocycles. The molecule has 4 aromatic carbocycles. The lowest BCUT2D eigenvalue weighted by Crippen LogP contribution is -2.54. The SMILES string of the molecule is CC[C@@H](C)NC(=O)[C@H](Cc1ccccc1)N(Cc1ccccc1)C(=O)CN(c1ccc(F)cc1)S(=O)(=O)c1ccc2c(c1)OCCO2. The minimum atomic E-state index is -4.40. The van der Waals surface area contributed by atoms with Crippen molar-refractivity contribution < 1.29 is 31.9 Å². The molecule has 0 bridgehead atoms. The minimum absolute atomic E-state index is 0.0480. The summed E-state index contributed by atoms with van der Waals surface area (Å²) in [4.78, 5) is 29.7. The van der Waals surface area contributed by atoms with E-state index in [1.54, 1.807) is 0 Å². The van der Waals surface area contributed by atoms with E-state index >= 15 is 0 Å². The van der Waals surface area contributed by atoms with Gasteiger partial charge in [0.2, 0.25) is 11.8 Å². The summed E-state index contributed by atoms with van der Waals surface area (Å²) >= 11 is 0. The fraction of sp³-hybridized carbons (Fsp3) is 0.278. The van der Waals surface area contributed by atoms with Crippen molar-refractivity contribution in [3.63, 3.8) is 0 Å². The van der Waals surface area contributed by atoms with Crippen molar-refractivity contribution in [3.8, 4) is 11.5 Å². The number of rotatable bonds is 13. The number of benzene rings is 4. The molecule has 0 aromatic heterocycles. The van der Waals surface area contributed by atoms with E-state index < -0.39 is 34.3 Å². The van der Waals surface area contributed by atoms with Gasteiger partial charge in [0, 0.05) is 25.1 Å². The third kappa shape index (κ3) is 8.28. The molecular weight excluding hydrogens is 621 g/mol. The summed E-state index contributed by atoms with van der Waals surface area (Å²) in [6.45, 7) is 3.82. The number of ether oxygens (including phenoxy) is 2. The maximum absolute atomic E-state index is 14.5. The molecule has 246 valence electrons. The maximum Gasteiger partial charge on any atom is 0.264 e. The van der Waals surface area contributed by atoms with Crippen LogP contribution in [0, 0.1) is 5.82 Å². The molecule has 5 rings (SSSR count). The molecule has 0 saturated heterocycles. The predicted molar refractivity (Wildman–Crippen MR) is 177 cm³/mol. The fourth-order valence-electron chi connectivity index (χ4n) is 5.22. The molecule has 0 saturated carbocycles. The summed E-state index contributed by atoms with van der Waals surface area (Å²) < 4.78 is 54.7. The first-order valence-corrected chi connectivity index (χ1v) is 17.0. The lowest BCUT2D eigenvalue weighted by atomic mass is 10.0. The van der Waals surface area contributed by atoms with Gasteiger partial charge in [0.1, 0.15) is 31.6 Å². The second-order valence-corrected chi connectivity index (χ2v) is 13.2. The van der Waals surface area contributed by atoms with Gasteiger partial charge in [0.25, 0.3) is 10.0 Å². The number of nitrogens with one attached hydrogen (secondary N) is 1. The summed E-state index contributed by atoms with van der Waals surface area (Å²) in [5.74, 6) is -0.857. The van der Waals surface area contributed by atoms with Crippen molar-refractivity contribution in [2.45, 2.75) is 50.2 Å². The third-order valence-corrected chi connectivity index (χ3v) is 9.73. The second-order valence-electron chi connectivity index (χ2n) is 11.3. The number of halogens is 1. The van der Waals surface area contributed by atoms with Crippen molar-refractivity contribution in [1.82, 2.24) is 10.2 Å². The van der Waals surface area contributed by atoms with E-state index in [0.717, 1.165) is 27.6 Å². The molecule has 1 aliphatic heterocycles. The van der Waals surface area contributed by atoms with Crippen LogP contribution in [0.5, 0.6) is 11.5 Å². The zero-order valence-electron chi connectivity index (χ0n) is 26.3. The molecule has 0 unspecified atom stereocenters. The van der Waals surface area contributed by atoms with Gasteiger partial charge in [-0.2, -0.15) is 0 Å². The average Bonchev–Trinajstić information content (AvgIpc) is 3.09. The van der Waals surface area contributed by atoms with E-state index in [1.165, 1.54) is 35.2 Å². The second kappa shape index (κ2) is 15.1. The number of amides is 2. The predicted octanol–water partition coefficient (Wildman–Crippen LogP) is 5.35. The Balaban J connectivity index is 1.56. The number of hydrogen-bond donors (Lipinski definition) is 1. The Labute approximate surface area is 275 Å². The Morgan fingerprint density at radius 1 is 0.851 bits per heavy atom. The molecule has 2 amide bonds. The van der Waals surface area contributed by atoms with E-state index in [2.05, 4.69) is 5.32 Å². The van der Waals surface area contributed by atoms with E-state index in [0.29, 0.717) is 18.8 Å². The Kier molecular flexibility index (Phi) is 10.8. The number of carbonyl (C=O) groups is 2. The van der Waals surface area contributed by atoms with Crippen molar-refractivity contribution >= 4 is 27.5 Å². The number of hydrogen-bond acceptors (Lipinski definition) is 6. The van der Waals surface area contributed by atoms with Crippen LogP contribution in [0.1, 0.15) is 31.4 Å². The van der Waals surface area contributed by atoms with E-state index in [4.69, 9.17) is 9.47 Å². The van der Waals surface area contributed by atoms with Gasteiger partial charge in [-0.1, -0.05) is 67.6 Å². The Morgan fingerprint density at radius 3 is 2.11 bits per heavy atom. The number of anilines is 1. The zero-order chi connectivity index (χ0) is 33.4. The lowest BCUT2D eigenvalue weighted by Gasteiger charge is -2.34. The van der Waals surface area contributed by atoms with Gasteiger partial charge in [0.15, 0.2) is 11.5 Å². The van der Waals surface area contributed by atoms with Gasteiger partial charge in [0.05, 0.1) is 10.6 Å². The van der Waals surface area contributed by atoms with Gasteiger partial charge < -0.3 is 19.7 Å². The first-order chi connectivity index (χ1) is 22.7. The van der Waals surface area contributed by atoms with Gasteiger partial charge in [-0.05, 0) is 60.9 Å². The summed E-state index contributed by atoms with van der Waals surface area (Å²) in [5, 5.41) is 3.02. The largest absolute Gasteiger partial charge is 0.486 e. The summed E-state index contributed by atoms with van der Waals surface area (Å²) in [6, 6.07) is 26.5. The van der Waals surface area contributed by atoms with Crippen molar-refractivity contribution in [2.75, 3.05) is 24.1 Å². The molecule has 0 radical (unpaired) electrons. The highest BCUT2D eigenvalue weighted by Crippen LogP contribution is 2.34. The highest BCUT2D eigenvalue weighted by Gasteiger charge is 2.35. The summed E-state index contributed by atoms with van der Waals surface area (Å²) in [5.41, 5.74) is 1.68. The van der Waals surface area contributed by atoms with Crippen molar-refractivity contribution in [2.24, 2.45) is 0 Å². The van der Waals surface area contributed by atoms with Gasteiger partial charge in [-0.25, -0.2) is 12.8 Å². The van der Waals surface area contributed by atoms with Gasteiger partial charge in [-0.15, -0.1) is 0 Å². The molecule has 0 fully saturated rings. The van der Waals surface area contributed by atoms with Crippen LogP contribution in [0.2, 0.25) is 0 Å². The molecule has 0 spiro atoms. The van der Waals surface area contributed by atoms with Crippen LogP contribution in [0.4, 0.5) is 10.1 Å². The van der Waals surface area contributed by atoms with Crippen LogP contribution in [-0.4, -0.2) is 57.0 Å². The van der Waals surface area contributed by atoms with Crippen molar-refractivity contribution in [1.29, 1.82) is 0 Å². The Bertz CT molecular complexity index is 1770. The van der Waals surface area contributed by atoms with Crippen LogP contribution in [-0.2, 0) is 32.6 Å². The van der Waals surface area contributed by atoms with E-state index in [1.807, 2.05) is 74.5 Å². The highest BCUT2D eigenvalue weighted by atomic mass is 32.2. The normalized spacial score (nSPS) is 13.7. The maximum atomic E-state index is 14.5. The Morgan fingerprint density at radius 2 is 1.47 bits per heavy atom. The molecule has 1 N–H and O–H groups in total. The minimum Gasteiger partial charge on any atom is -0.486 e. The fourth-order valence-corrected chi connectivity index (χ4v) is 6.65. The first-order valence-electron chi connectivity index (χ1n) is 15.5. The van der Waals surface area contributed by atoms with Gasteiger partial charge in [-0.3, -0.25) is 13.9 Å². The van der Waals surface area contributed by atoms with E-state index in [-0.39, 0.29) is 47.9 Å². The number of carbonyl (C=O) groups excluding carboxylic acids is 2. The summed E-state index contributed by atoms with van der Waals surface area (Å²) in [7, 11) is -4.40. The molecule has 0 aliphatic carbocycles. The number of fused-ring (bicyclic) bond motifs is 1. The molecule has 11 heteroatoms. The van der Waals surface area contributed by atoms with Crippen LogP contribution < -0.4 is 19.1 Å². The van der Waals surface area contributed by atoms with Crippen LogP contribution >= 0.6 is 0 Å². The van der Waals surface area contributed by atoms with Crippen LogP contribution in [0.25, 0.3) is 0 Å². The standard InChI is InChI=1S/C36H38FN3O6S/c1-3-26(2)38-36(42)32(22-27-10-6-4-7-11-27)39(24-28-12-8-5-9-13-28)35(41)25-40(30-16-14-29(37)15-17-30)47(43,44)31-18-19-33-34(23-31)46-21-20-45-33/h4-19,23,26,32H,3,20-22,24-25H2,1-2H3,(H,38,42)/t26-,32+/m1/s1.